The largest absolute Gasteiger partial charge is 0.457 e. The van der Waals surface area contributed by atoms with E-state index >= 15 is 0 Å². The second-order valence-corrected chi connectivity index (χ2v) is 8.32. The van der Waals surface area contributed by atoms with Gasteiger partial charge in [0.1, 0.15) is 18.1 Å². The lowest BCUT2D eigenvalue weighted by atomic mass is 9.85. The normalized spacial score (nSPS) is 19.1. The first-order valence-electron chi connectivity index (χ1n) is 10.8. The van der Waals surface area contributed by atoms with Crippen LogP contribution in [0.4, 0.5) is 0 Å². The van der Waals surface area contributed by atoms with Crippen molar-refractivity contribution in [3.05, 3.63) is 50.8 Å². The van der Waals surface area contributed by atoms with Gasteiger partial charge in [-0.1, -0.05) is 12.8 Å². The Hall–Kier alpha value is -4.32. The van der Waals surface area contributed by atoms with Crippen molar-refractivity contribution in [1.82, 2.24) is 9.55 Å². The first-order valence-corrected chi connectivity index (χ1v) is 10.8. The van der Waals surface area contributed by atoms with Gasteiger partial charge in [0.25, 0.3) is 5.56 Å². The van der Waals surface area contributed by atoms with Crippen molar-refractivity contribution in [2.24, 2.45) is 0 Å². The van der Waals surface area contributed by atoms with E-state index in [2.05, 4.69) is 5.92 Å². The Morgan fingerprint density at radius 3 is 2.82 bits per heavy atom. The van der Waals surface area contributed by atoms with Crippen LogP contribution in [0.5, 0.6) is 11.5 Å². The van der Waals surface area contributed by atoms with E-state index in [4.69, 9.17) is 30.4 Å². The van der Waals surface area contributed by atoms with Crippen LogP contribution in [0.2, 0.25) is 0 Å². The van der Waals surface area contributed by atoms with E-state index in [0.717, 1.165) is 0 Å². The highest BCUT2D eigenvalue weighted by Crippen LogP contribution is 2.47. The van der Waals surface area contributed by atoms with Gasteiger partial charge in [-0.05, 0) is 24.6 Å². The van der Waals surface area contributed by atoms with Crippen molar-refractivity contribution in [2.75, 3.05) is 6.79 Å². The van der Waals surface area contributed by atoms with Gasteiger partial charge in [0.2, 0.25) is 12.4 Å². The number of fused-ring (bicyclic) bond motifs is 5. The third-order valence-corrected chi connectivity index (χ3v) is 6.61. The summed E-state index contributed by atoms with van der Waals surface area (Å²) in [6.45, 7) is 2.94. The van der Waals surface area contributed by atoms with Gasteiger partial charge in [-0.25, -0.2) is 9.78 Å². The highest BCUT2D eigenvalue weighted by molar-refractivity contribution is 5.99. The number of aromatic nitrogens is 2. The number of benzene rings is 1. The number of nitrogens with zero attached hydrogens (tertiary/aromatic N) is 2. The Balaban J connectivity index is 1.68. The molecule has 0 spiro atoms. The Morgan fingerprint density at radius 2 is 2.09 bits per heavy atom. The number of pyridine rings is 2. The molecule has 0 N–H and O–H groups in total. The summed E-state index contributed by atoms with van der Waals surface area (Å²) in [5.74, 6) is 2.45. The highest BCUT2D eigenvalue weighted by atomic mass is 16.7. The molecule has 5 heterocycles. The molecule has 3 aliphatic heterocycles. The van der Waals surface area contributed by atoms with E-state index in [-0.39, 0.29) is 37.5 Å². The number of hydrogen-bond donors (Lipinski definition) is 0. The van der Waals surface area contributed by atoms with Crippen molar-refractivity contribution in [3.8, 4) is 35.2 Å². The van der Waals surface area contributed by atoms with Crippen LogP contribution >= 0.6 is 0 Å². The topological polar surface area (TPSA) is 106 Å². The molecule has 0 unspecified atom stereocenters. The van der Waals surface area contributed by atoms with Gasteiger partial charge in [-0.2, -0.15) is 0 Å². The van der Waals surface area contributed by atoms with Gasteiger partial charge < -0.3 is 23.5 Å². The van der Waals surface area contributed by atoms with Crippen LogP contribution in [0.1, 0.15) is 42.5 Å². The molecule has 0 bridgehead atoms. The van der Waals surface area contributed by atoms with Gasteiger partial charge in [0.15, 0.2) is 0 Å². The molecule has 0 aliphatic carbocycles. The second kappa shape index (κ2) is 6.84. The number of terminal acetylenes is 1. The molecule has 3 aromatic rings. The smallest absolute Gasteiger partial charge is 0.355 e. The molecular weight excluding hydrogens is 440 g/mol. The summed E-state index contributed by atoms with van der Waals surface area (Å²) in [4.78, 5) is 43.1. The Kier molecular flexibility index (Phi) is 4.08. The van der Waals surface area contributed by atoms with E-state index in [1.165, 1.54) is 6.92 Å². The molecule has 0 radical (unpaired) electrons. The minimum atomic E-state index is -1.70. The molecule has 0 saturated heterocycles. The fraction of sp³-hybridized carbons (Fsp3) is 0.280. The monoisotopic (exact) mass is 458 g/mol. The average molecular weight is 458 g/mol. The zero-order valence-corrected chi connectivity index (χ0v) is 18.4. The molecular formula is C25H18N2O7. The van der Waals surface area contributed by atoms with Gasteiger partial charge in [0, 0.05) is 18.1 Å². The maximum atomic E-state index is 13.6. The number of esters is 2. The minimum Gasteiger partial charge on any atom is -0.457 e. The number of cyclic esters (lactones) is 1. The molecule has 0 amide bonds. The maximum Gasteiger partial charge on any atom is 0.355 e. The number of carbonyl (C=O) groups is 2. The Labute approximate surface area is 193 Å². The van der Waals surface area contributed by atoms with Crippen LogP contribution < -0.4 is 15.0 Å². The number of hydrogen-bond acceptors (Lipinski definition) is 8. The van der Waals surface area contributed by atoms with Crippen molar-refractivity contribution in [3.63, 3.8) is 0 Å². The molecule has 0 saturated carbocycles. The van der Waals surface area contributed by atoms with Crippen LogP contribution in [0.3, 0.4) is 0 Å². The second-order valence-electron chi connectivity index (χ2n) is 8.32. The molecule has 6 rings (SSSR count). The molecule has 170 valence electrons. The third kappa shape index (κ3) is 2.45. The summed E-state index contributed by atoms with van der Waals surface area (Å²) in [5.41, 5.74) is 1.34. The number of carbonyl (C=O) groups excluding carboxylic acids is 2. The Bertz CT molecular complexity index is 1560. The predicted molar refractivity (Wildman–Crippen MR) is 118 cm³/mol. The lowest BCUT2D eigenvalue weighted by Gasteiger charge is -2.35. The molecule has 9 nitrogen and oxygen atoms in total. The van der Waals surface area contributed by atoms with Gasteiger partial charge in [-0.3, -0.25) is 9.59 Å². The van der Waals surface area contributed by atoms with Crippen LogP contribution in [0.15, 0.2) is 23.0 Å². The van der Waals surface area contributed by atoms with Gasteiger partial charge >= 0.3 is 11.9 Å². The van der Waals surface area contributed by atoms with Crippen molar-refractivity contribution >= 4 is 22.8 Å². The van der Waals surface area contributed by atoms with Gasteiger partial charge in [-0.15, -0.1) is 6.42 Å². The van der Waals surface area contributed by atoms with E-state index in [0.29, 0.717) is 50.5 Å². The zero-order chi connectivity index (χ0) is 23.8. The zero-order valence-electron chi connectivity index (χ0n) is 18.4. The summed E-state index contributed by atoms with van der Waals surface area (Å²) < 4.78 is 23.8. The van der Waals surface area contributed by atoms with Gasteiger partial charge in [0.05, 0.1) is 40.0 Å². The molecule has 3 aliphatic rings. The lowest BCUT2D eigenvalue weighted by molar-refractivity contribution is -0.188. The Morgan fingerprint density at radius 1 is 1.26 bits per heavy atom. The quantitative estimate of drug-likeness (QED) is 0.333. The summed E-state index contributed by atoms with van der Waals surface area (Å²) in [6.07, 6.45) is 5.83. The summed E-state index contributed by atoms with van der Waals surface area (Å²) >= 11 is 0. The van der Waals surface area contributed by atoms with Crippen LogP contribution in [0.25, 0.3) is 22.3 Å². The van der Waals surface area contributed by atoms with E-state index < -0.39 is 17.5 Å². The molecule has 9 heteroatoms. The number of rotatable bonds is 2. The molecule has 1 aromatic carbocycles. The summed E-state index contributed by atoms with van der Waals surface area (Å²) in [5, 5.41) is 0.660. The van der Waals surface area contributed by atoms with Crippen molar-refractivity contribution in [2.45, 2.75) is 39.0 Å². The van der Waals surface area contributed by atoms with E-state index in [1.807, 2.05) is 0 Å². The minimum absolute atomic E-state index is 0.0173. The van der Waals surface area contributed by atoms with E-state index in [1.54, 1.807) is 29.7 Å². The lowest BCUT2D eigenvalue weighted by Crippen LogP contribution is -2.47. The third-order valence-electron chi connectivity index (χ3n) is 6.61. The van der Waals surface area contributed by atoms with Crippen LogP contribution in [0, 0.1) is 12.3 Å². The van der Waals surface area contributed by atoms with Crippen molar-refractivity contribution < 1.29 is 28.5 Å². The van der Waals surface area contributed by atoms with E-state index in [9.17, 15) is 14.4 Å². The summed E-state index contributed by atoms with van der Waals surface area (Å²) in [6, 6.07) is 5.22. The predicted octanol–water partition coefficient (Wildman–Crippen LogP) is 2.36. The standard InChI is InChI=1S/C25H18N2O7/c1-4-13-6-7-18-19-20(13)26-21-14(22(19)33-11-32-18)9-27-17(21)8-16-15(23(27)29)10-31-24(30)25(16,5-2)34-12(3)28/h1,6-8H,5,9-11H2,2-3H3/t25-/m0/s1. The van der Waals surface area contributed by atoms with Crippen LogP contribution in [-0.4, -0.2) is 28.3 Å². The fourth-order valence-electron chi connectivity index (χ4n) is 5.07. The summed E-state index contributed by atoms with van der Waals surface area (Å²) in [7, 11) is 0. The number of ether oxygens (including phenoxy) is 4. The van der Waals surface area contributed by atoms with Crippen LogP contribution in [-0.2, 0) is 37.8 Å². The first-order chi connectivity index (χ1) is 16.4. The maximum absolute atomic E-state index is 13.6. The first kappa shape index (κ1) is 20.3. The average Bonchev–Trinajstić information content (AvgIpc) is 3.20. The fourth-order valence-corrected chi connectivity index (χ4v) is 5.07. The molecule has 0 fully saturated rings. The molecule has 2 aromatic heterocycles. The molecule has 34 heavy (non-hydrogen) atoms. The SMILES string of the molecule is C#Cc1ccc2c3c(c4c(nc13)-c1cc3c(c(=O)n1C4)COC(=O)[C@@]3(CC)OC(C)=O)OCO2. The van der Waals surface area contributed by atoms with Crippen molar-refractivity contribution in [1.29, 1.82) is 0 Å². The highest BCUT2D eigenvalue weighted by Gasteiger charge is 2.50. The molecule has 1 atom stereocenters.